The van der Waals surface area contributed by atoms with Crippen molar-refractivity contribution in [1.82, 2.24) is 5.32 Å². The number of hydrogen-bond acceptors (Lipinski definition) is 2. The van der Waals surface area contributed by atoms with Gasteiger partial charge >= 0.3 is 0 Å². The van der Waals surface area contributed by atoms with E-state index in [1.54, 1.807) is 11.1 Å². The molecule has 0 amide bonds. The molecule has 2 unspecified atom stereocenters. The van der Waals surface area contributed by atoms with E-state index in [0.29, 0.717) is 0 Å². The quantitative estimate of drug-likeness (QED) is 0.739. The van der Waals surface area contributed by atoms with Crippen LogP contribution in [0.2, 0.25) is 0 Å². The van der Waals surface area contributed by atoms with Crippen LogP contribution >= 0.6 is 11.8 Å². The van der Waals surface area contributed by atoms with E-state index in [0.717, 1.165) is 5.92 Å². The zero-order valence-corrected chi connectivity index (χ0v) is 10.6. The molecule has 0 saturated carbocycles. The normalized spacial score (nSPS) is 33.7. The van der Waals surface area contributed by atoms with Crippen LogP contribution in [0, 0.1) is 5.92 Å². The third-order valence-electron chi connectivity index (χ3n) is 3.78. The van der Waals surface area contributed by atoms with Crippen LogP contribution in [0.5, 0.6) is 0 Å². The van der Waals surface area contributed by atoms with Gasteiger partial charge in [-0.05, 0) is 42.1 Å². The molecule has 0 bridgehead atoms. The largest absolute Gasteiger partial charge is 0.299 e. The fourth-order valence-corrected chi connectivity index (χ4v) is 4.38. The predicted octanol–water partition coefficient (Wildman–Crippen LogP) is 3.15. The summed E-state index contributed by atoms with van der Waals surface area (Å²) in [5.74, 6) is 2.10. The number of nitrogens with one attached hydrogen (secondary N) is 1. The molecule has 0 aromatic heterocycles. The highest BCUT2D eigenvalue weighted by atomic mass is 32.2. The number of thioether (sulfide) groups is 1. The standard InChI is InChI=1S/C14H19NS/c1-11-9-15-14(16-10-11)8-4-6-12-5-2-3-7-13(12)14/h2-3,5,7,11,15H,4,6,8-10H2,1H3. The first-order chi connectivity index (χ1) is 7.80. The molecule has 2 heteroatoms. The Kier molecular flexibility index (Phi) is 2.72. The lowest BCUT2D eigenvalue weighted by Gasteiger charge is -2.44. The third-order valence-corrected chi connectivity index (χ3v) is 5.57. The highest BCUT2D eigenvalue weighted by Crippen LogP contribution is 2.46. The van der Waals surface area contributed by atoms with Crippen LogP contribution in [-0.4, -0.2) is 12.3 Å². The summed E-state index contributed by atoms with van der Waals surface area (Å²) in [4.78, 5) is 0.237. The Morgan fingerprint density at radius 2 is 2.25 bits per heavy atom. The number of fused-ring (bicyclic) bond motifs is 2. The lowest BCUT2D eigenvalue weighted by molar-refractivity contribution is 0.373. The number of aryl methyl sites for hydroxylation is 1. The molecule has 0 radical (unpaired) electrons. The Balaban J connectivity index is 1.97. The first-order valence-corrected chi connectivity index (χ1v) is 7.26. The van der Waals surface area contributed by atoms with Crippen LogP contribution < -0.4 is 5.32 Å². The van der Waals surface area contributed by atoms with Crippen LogP contribution in [0.1, 0.15) is 30.9 Å². The maximum absolute atomic E-state index is 3.80. The fraction of sp³-hybridized carbons (Fsp3) is 0.571. The molecular weight excluding hydrogens is 214 g/mol. The van der Waals surface area contributed by atoms with E-state index < -0.39 is 0 Å². The van der Waals surface area contributed by atoms with E-state index in [9.17, 15) is 0 Å². The summed E-state index contributed by atoms with van der Waals surface area (Å²) >= 11 is 2.13. The van der Waals surface area contributed by atoms with Gasteiger partial charge in [0.2, 0.25) is 0 Å². The van der Waals surface area contributed by atoms with E-state index in [1.165, 1.54) is 31.6 Å². The smallest absolute Gasteiger partial charge is 0.0904 e. The zero-order valence-electron chi connectivity index (χ0n) is 9.83. The average molecular weight is 233 g/mol. The van der Waals surface area contributed by atoms with Gasteiger partial charge in [-0.1, -0.05) is 31.2 Å². The molecule has 1 aliphatic heterocycles. The van der Waals surface area contributed by atoms with E-state index in [-0.39, 0.29) is 4.87 Å². The van der Waals surface area contributed by atoms with Crippen LogP contribution in [0.3, 0.4) is 0 Å². The SMILES string of the molecule is CC1CNC2(CCCc3ccccc32)SC1. The fourth-order valence-electron chi connectivity index (χ4n) is 2.86. The molecule has 1 aromatic rings. The lowest BCUT2D eigenvalue weighted by Crippen LogP contribution is -2.48. The van der Waals surface area contributed by atoms with Gasteiger partial charge in [-0.2, -0.15) is 0 Å². The zero-order chi connectivity index (χ0) is 11.0. The molecule has 1 aromatic carbocycles. The van der Waals surface area contributed by atoms with Crippen molar-refractivity contribution in [1.29, 1.82) is 0 Å². The van der Waals surface area contributed by atoms with E-state index in [4.69, 9.17) is 0 Å². The van der Waals surface area contributed by atoms with Crippen molar-refractivity contribution >= 4 is 11.8 Å². The molecule has 16 heavy (non-hydrogen) atoms. The molecule has 1 saturated heterocycles. The van der Waals surface area contributed by atoms with Crippen LogP contribution in [-0.2, 0) is 11.3 Å². The predicted molar refractivity (Wildman–Crippen MR) is 70.7 cm³/mol. The molecule has 1 nitrogen and oxygen atoms in total. The van der Waals surface area contributed by atoms with Gasteiger partial charge in [0.15, 0.2) is 0 Å². The average Bonchev–Trinajstić information content (AvgIpc) is 2.34. The van der Waals surface area contributed by atoms with Crippen LogP contribution in [0.25, 0.3) is 0 Å². The Morgan fingerprint density at radius 3 is 3.06 bits per heavy atom. The summed E-state index contributed by atoms with van der Waals surface area (Å²) < 4.78 is 0. The molecule has 1 aliphatic carbocycles. The van der Waals surface area contributed by atoms with Crippen molar-refractivity contribution in [2.45, 2.75) is 31.1 Å². The molecule has 1 fully saturated rings. The first kappa shape index (κ1) is 10.7. The van der Waals surface area contributed by atoms with Crippen molar-refractivity contribution in [2.24, 2.45) is 5.92 Å². The number of hydrogen-bond donors (Lipinski definition) is 1. The molecule has 86 valence electrons. The second kappa shape index (κ2) is 4.08. The van der Waals surface area contributed by atoms with Gasteiger partial charge in [-0.15, -0.1) is 11.8 Å². The Hall–Kier alpha value is -0.470. The summed E-state index contributed by atoms with van der Waals surface area (Å²) in [6, 6.07) is 8.99. The van der Waals surface area contributed by atoms with Crippen molar-refractivity contribution in [3.63, 3.8) is 0 Å². The van der Waals surface area contributed by atoms with E-state index >= 15 is 0 Å². The first-order valence-electron chi connectivity index (χ1n) is 6.27. The molecule has 1 N–H and O–H groups in total. The summed E-state index contributed by atoms with van der Waals surface area (Å²) in [5, 5.41) is 3.80. The Bertz CT molecular complexity index is 380. The summed E-state index contributed by atoms with van der Waals surface area (Å²) in [6.07, 6.45) is 3.88. The van der Waals surface area contributed by atoms with Gasteiger partial charge in [-0.25, -0.2) is 0 Å². The molecule has 1 spiro atoms. The molecule has 1 heterocycles. The van der Waals surface area contributed by atoms with Crippen molar-refractivity contribution in [3.05, 3.63) is 35.4 Å². The molecular formula is C14H19NS. The summed E-state index contributed by atoms with van der Waals surface area (Å²) in [5.41, 5.74) is 3.11. The maximum atomic E-state index is 3.80. The van der Waals surface area contributed by atoms with Crippen molar-refractivity contribution in [2.75, 3.05) is 12.3 Å². The van der Waals surface area contributed by atoms with Gasteiger partial charge < -0.3 is 0 Å². The highest BCUT2D eigenvalue weighted by molar-refractivity contribution is 8.00. The van der Waals surface area contributed by atoms with Crippen molar-refractivity contribution < 1.29 is 0 Å². The van der Waals surface area contributed by atoms with Gasteiger partial charge in [0.25, 0.3) is 0 Å². The lowest BCUT2D eigenvalue weighted by atomic mass is 9.86. The molecule has 2 aliphatic rings. The molecule has 3 rings (SSSR count). The molecule has 2 atom stereocenters. The maximum Gasteiger partial charge on any atom is 0.0904 e. The third kappa shape index (κ3) is 1.68. The highest BCUT2D eigenvalue weighted by Gasteiger charge is 2.39. The van der Waals surface area contributed by atoms with Crippen LogP contribution in [0.15, 0.2) is 24.3 Å². The second-order valence-corrected chi connectivity index (χ2v) is 6.45. The van der Waals surface area contributed by atoms with Gasteiger partial charge in [0.05, 0.1) is 4.87 Å². The summed E-state index contributed by atoms with van der Waals surface area (Å²) in [6.45, 7) is 3.50. The van der Waals surface area contributed by atoms with Crippen LogP contribution in [0.4, 0.5) is 0 Å². The van der Waals surface area contributed by atoms with Gasteiger partial charge in [-0.3, -0.25) is 5.32 Å². The second-order valence-electron chi connectivity index (χ2n) is 5.13. The number of rotatable bonds is 0. The summed E-state index contributed by atoms with van der Waals surface area (Å²) in [7, 11) is 0. The Morgan fingerprint density at radius 1 is 1.38 bits per heavy atom. The minimum atomic E-state index is 0.237. The van der Waals surface area contributed by atoms with Crippen molar-refractivity contribution in [3.8, 4) is 0 Å². The van der Waals surface area contributed by atoms with E-state index in [2.05, 4.69) is 48.3 Å². The van der Waals surface area contributed by atoms with Gasteiger partial charge in [0, 0.05) is 6.54 Å². The monoisotopic (exact) mass is 233 g/mol. The topological polar surface area (TPSA) is 12.0 Å². The minimum absolute atomic E-state index is 0.237. The Labute approximate surface area is 102 Å². The minimum Gasteiger partial charge on any atom is -0.299 e. The van der Waals surface area contributed by atoms with Gasteiger partial charge in [0.1, 0.15) is 0 Å². The van der Waals surface area contributed by atoms with E-state index in [1.807, 2.05) is 0 Å². The number of benzene rings is 1.